The third kappa shape index (κ3) is 5.08. The maximum absolute atomic E-state index is 5.71. The van der Waals surface area contributed by atoms with Gasteiger partial charge < -0.3 is 14.6 Å². The van der Waals surface area contributed by atoms with Crippen molar-refractivity contribution in [2.24, 2.45) is 5.92 Å². The second kappa shape index (κ2) is 8.49. The Morgan fingerprint density at radius 2 is 2.10 bits per heavy atom. The van der Waals surface area contributed by atoms with Crippen molar-refractivity contribution >= 4 is 0 Å². The number of ether oxygens (including phenoxy) is 1. The topological polar surface area (TPSA) is 60.2 Å². The largest absolute Gasteiger partial charge is 0.370 e. The molecule has 120 valence electrons. The van der Waals surface area contributed by atoms with Gasteiger partial charge in [0.25, 0.3) is 0 Å². The van der Waals surface area contributed by atoms with E-state index in [1.54, 1.807) is 0 Å². The summed E-state index contributed by atoms with van der Waals surface area (Å²) in [4.78, 5) is 4.56. The molecule has 1 heterocycles. The quantitative estimate of drug-likeness (QED) is 0.679. The van der Waals surface area contributed by atoms with Crippen LogP contribution in [0.1, 0.15) is 70.7 Å². The van der Waals surface area contributed by atoms with Crippen molar-refractivity contribution < 1.29 is 9.26 Å². The van der Waals surface area contributed by atoms with E-state index in [-0.39, 0.29) is 6.10 Å². The summed E-state index contributed by atoms with van der Waals surface area (Å²) < 4.78 is 11.2. The van der Waals surface area contributed by atoms with Crippen LogP contribution in [0.15, 0.2) is 4.52 Å². The summed E-state index contributed by atoms with van der Waals surface area (Å²) in [5, 5.41) is 7.74. The average Bonchev–Trinajstić information content (AvgIpc) is 3.23. The zero-order valence-electron chi connectivity index (χ0n) is 13.6. The van der Waals surface area contributed by atoms with Crippen molar-refractivity contribution in [3.05, 3.63) is 11.7 Å². The maximum Gasteiger partial charge on any atom is 0.228 e. The fourth-order valence-corrected chi connectivity index (χ4v) is 2.65. The van der Waals surface area contributed by atoms with Crippen LogP contribution in [0.3, 0.4) is 0 Å². The minimum Gasteiger partial charge on any atom is -0.370 e. The van der Waals surface area contributed by atoms with E-state index in [0.29, 0.717) is 18.5 Å². The third-order valence-corrected chi connectivity index (χ3v) is 3.93. The first-order valence-electron chi connectivity index (χ1n) is 8.45. The lowest BCUT2D eigenvalue weighted by atomic mass is 10.1. The van der Waals surface area contributed by atoms with E-state index in [0.717, 1.165) is 44.0 Å². The molecule has 5 heteroatoms. The van der Waals surface area contributed by atoms with Crippen LogP contribution in [0.4, 0.5) is 0 Å². The maximum atomic E-state index is 5.71. The minimum absolute atomic E-state index is 0.0273. The summed E-state index contributed by atoms with van der Waals surface area (Å²) in [6, 6.07) is 0.481. The number of rotatable bonds is 11. The summed E-state index contributed by atoms with van der Waals surface area (Å²) in [7, 11) is 0. The van der Waals surface area contributed by atoms with Gasteiger partial charge in [0.1, 0.15) is 6.10 Å². The summed E-state index contributed by atoms with van der Waals surface area (Å²) in [6.07, 6.45) is 6.59. The highest BCUT2D eigenvalue weighted by atomic mass is 16.5. The average molecular weight is 295 g/mol. The highest BCUT2D eigenvalue weighted by Crippen LogP contribution is 2.34. The fraction of sp³-hybridized carbons (Fsp3) is 0.875. The molecule has 1 aromatic heterocycles. The van der Waals surface area contributed by atoms with Crippen LogP contribution >= 0.6 is 0 Å². The van der Waals surface area contributed by atoms with E-state index in [2.05, 4.69) is 29.3 Å². The van der Waals surface area contributed by atoms with Crippen LogP contribution in [0.2, 0.25) is 0 Å². The van der Waals surface area contributed by atoms with Gasteiger partial charge in [0.2, 0.25) is 11.7 Å². The van der Waals surface area contributed by atoms with Crippen molar-refractivity contribution in [1.82, 2.24) is 15.5 Å². The van der Waals surface area contributed by atoms with Gasteiger partial charge in [-0.3, -0.25) is 0 Å². The number of nitrogens with one attached hydrogen (secondary N) is 1. The van der Waals surface area contributed by atoms with E-state index in [1.807, 2.05) is 6.92 Å². The Labute approximate surface area is 127 Å². The smallest absolute Gasteiger partial charge is 0.228 e. The second-order valence-corrected chi connectivity index (χ2v) is 5.88. The lowest BCUT2D eigenvalue weighted by Crippen LogP contribution is -2.33. The molecule has 1 N–H and O–H groups in total. The van der Waals surface area contributed by atoms with Gasteiger partial charge in [-0.2, -0.15) is 4.98 Å². The van der Waals surface area contributed by atoms with Gasteiger partial charge in [-0.15, -0.1) is 0 Å². The molecule has 5 nitrogen and oxygen atoms in total. The van der Waals surface area contributed by atoms with Gasteiger partial charge in [0, 0.05) is 19.1 Å². The number of hydrogen-bond acceptors (Lipinski definition) is 5. The standard InChI is InChI=1S/C16H29N3O2/c1-4-7-14(20-6-3)16-18-15(21-19-16)11-13(12-8-9-12)17-10-5-2/h12-14,17H,4-11H2,1-3H3. The van der Waals surface area contributed by atoms with Gasteiger partial charge in [-0.25, -0.2) is 0 Å². The Balaban J connectivity index is 1.93. The molecule has 1 aromatic rings. The number of nitrogens with zero attached hydrogens (tertiary/aromatic N) is 2. The number of hydrogen-bond donors (Lipinski definition) is 1. The normalized spacial score (nSPS) is 17.9. The molecule has 0 saturated heterocycles. The molecule has 2 atom stereocenters. The highest BCUT2D eigenvalue weighted by molar-refractivity contribution is 4.97. The van der Waals surface area contributed by atoms with Crippen molar-refractivity contribution in [2.75, 3.05) is 13.2 Å². The van der Waals surface area contributed by atoms with Crippen LogP contribution < -0.4 is 5.32 Å². The van der Waals surface area contributed by atoms with Crippen LogP contribution in [0.25, 0.3) is 0 Å². The van der Waals surface area contributed by atoms with E-state index >= 15 is 0 Å². The zero-order valence-corrected chi connectivity index (χ0v) is 13.6. The van der Waals surface area contributed by atoms with Crippen LogP contribution in [-0.4, -0.2) is 29.3 Å². The summed E-state index contributed by atoms with van der Waals surface area (Å²) in [6.45, 7) is 8.07. The van der Waals surface area contributed by atoms with Crippen molar-refractivity contribution in [2.45, 2.75) is 71.4 Å². The van der Waals surface area contributed by atoms with Crippen LogP contribution in [-0.2, 0) is 11.2 Å². The van der Waals surface area contributed by atoms with Gasteiger partial charge >= 0.3 is 0 Å². The van der Waals surface area contributed by atoms with Gasteiger partial charge in [0.05, 0.1) is 0 Å². The molecule has 0 aromatic carbocycles. The molecule has 0 amide bonds. The van der Waals surface area contributed by atoms with Gasteiger partial charge in [0.15, 0.2) is 0 Å². The molecular formula is C16H29N3O2. The van der Waals surface area contributed by atoms with E-state index in [1.165, 1.54) is 12.8 Å². The van der Waals surface area contributed by atoms with E-state index < -0.39 is 0 Å². The highest BCUT2D eigenvalue weighted by Gasteiger charge is 2.32. The van der Waals surface area contributed by atoms with Gasteiger partial charge in [-0.05, 0) is 45.1 Å². The molecule has 1 saturated carbocycles. The molecule has 0 aliphatic heterocycles. The Kier molecular flexibility index (Phi) is 6.64. The van der Waals surface area contributed by atoms with E-state index in [9.17, 15) is 0 Å². The first kappa shape index (κ1) is 16.4. The van der Waals surface area contributed by atoms with Crippen molar-refractivity contribution in [3.8, 4) is 0 Å². The molecule has 0 spiro atoms. The lowest BCUT2D eigenvalue weighted by molar-refractivity contribution is 0.0477. The summed E-state index contributed by atoms with van der Waals surface area (Å²) in [5.41, 5.74) is 0. The monoisotopic (exact) mass is 295 g/mol. The Morgan fingerprint density at radius 3 is 2.71 bits per heavy atom. The second-order valence-electron chi connectivity index (χ2n) is 5.88. The summed E-state index contributed by atoms with van der Waals surface area (Å²) >= 11 is 0. The van der Waals surface area contributed by atoms with Gasteiger partial charge in [-0.1, -0.05) is 25.4 Å². The first-order valence-corrected chi connectivity index (χ1v) is 8.45. The Morgan fingerprint density at radius 1 is 1.29 bits per heavy atom. The molecule has 2 rings (SSSR count). The van der Waals surface area contributed by atoms with Crippen molar-refractivity contribution in [3.63, 3.8) is 0 Å². The third-order valence-electron chi connectivity index (χ3n) is 3.93. The molecule has 0 radical (unpaired) electrons. The molecule has 1 aliphatic rings. The van der Waals surface area contributed by atoms with Crippen LogP contribution in [0.5, 0.6) is 0 Å². The molecule has 2 unspecified atom stereocenters. The zero-order chi connectivity index (χ0) is 15.1. The lowest BCUT2D eigenvalue weighted by Gasteiger charge is -2.15. The Hall–Kier alpha value is -0.940. The SMILES string of the molecule is CCCNC(Cc1nc(C(CCC)OCC)no1)C1CC1. The fourth-order valence-electron chi connectivity index (χ4n) is 2.65. The molecule has 0 bridgehead atoms. The van der Waals surface area contributed by atoms with E-state index in [4.69, 9.17) is 9.26 Å². The first-order chi connectivity index (χ1) is 10.3. The molecular weight excluding hydrogens is 266 g/mol. The predicted octanol–water partition coefficient (Wildman–Crippen LogP) is 3.27. The molecule has 1 aliphatic carbocycles. The minimum atomic E-state index is -0.0273. The Bertz CT molecular complexity index is 398. The molecule has 1 fully saturated rings. The molecule has 21 heavy (non-hydrogen) atoms. The van der Waals surface area contributed by atoms with Crippen LogP contribution in [0, 0.1) is 5.92 Å². The van der Waals surface area contributed by atoms with Crippen molar-refractivity contribution in [1.29, 1.82) is 0 Å². The number of aromatic nitrogens is 2. The summed E-state index contributed by atoms with van der Waals surface area (Å²) in [5.74, 6) is 2.23. The predicted molar refractivity (Wildman–Crippen MR) is 82.1 cm³/mol.